The van der Waals surface area contributed by atoms with Gasteiger partial charge < -0.3 is 19.0 Å². The first-order valence-corrected chi connectivity index (χ1v) is 12.8. The van der Waals surface area contributed by atoms with Crippen LogP contribution in [0.25, 0.3) is 22.1 Å². The van der Waals surface area contributed by atoms with Crippen LogP contribution in [0.2, 0.25) is 0 Å². The molecule has 0 saturated carbocycles. The van der Waals surface area contributed by atoms with Crippen molar-refractivity contribution in [3.05, 3.63) is 89.9 Å². The van der Waals surface area contributed by atoms with E-state index in [1.54, 1.807) is 42.7 Å². The zero-order valence-corrected chi connectivity index (χ0v) is 20.8. The number of carbonyl (C=O) groups is 1. The highest BCUT2D eigenvalue weighted by molar-refractivity contribution is 6.16. The van der Waals surface area contributed by atoms with Gasteiger partial charge in [-0.05, 0) is 85.9 Å². The van der Waals surface area contributed by atoms with Gasteiger partial charge in [-0.2, -0.15) is 0 Å². The van der Waals surface area contributed by atoms with Gasteiger partial charge in [-0.25, -0.2) is 0 Å². The number of piperidine rings is 1. The fourth-order valence-electron chi connectivity index (χ4n) is 5.18. The number of phenolic OH excluding ortho intramolecular Hbond substituents is 1. The van der Waals surface area contributed by atoms with Gasteiger partial charge in [0.15, 0.2) is 5.76 Å². The average Bonchev–Trinajstić information content (AvgIpc) is 3.31. The summed E-state index contributed by atoms with van der Waals surface area (Å²) in [5.74, 6) is 1.66. The Labute approximate surface area is 215 Å². The number of carbonyl (C=O) groups excluding carboxylic acids is 1. The molecule has 0 spiro atoms. The second-order valence-electron chi connectivity index (χ2n) is 9.67. The quantitative estimate of drug-likeness (QED) is 0.300. The molecule has 1 N–H and O–H groups in total. The topological polar surface area (TPSA) is 72.1 Å². The van der Waals surface area contributed by atoms with Gasteiger partial charge in [-0.15, -0.1) is 0 Å². The van der Waals surface area contributed by atoms with Gasteiger partial charge in [0, 0.05) is 35.7 Å². The highest BCUT2D eigenvalue weighted by atomic mass is 16.5. The van der Waals surface area contributed by atoms with E-state index in [1.165, 1.54) is 19.3 Å². The number of furan rings is 1. The van der Waals surface area contributed by atoms with E-state index >= 15 is 0 Å². The molecule has 0 radical (unpaired) electrons. The first kappa shape index (κ1) is 23.4. The number of ketones is 1. The Balaban J connectivity index is 1.34. The van der Waals surface area contributed by atoms with Crippen LogP contribution < -0.4 is 9.47 Å². The van der Waals surface area contributed by atoms with Crippen LogP contribution in [-0.2, 0) is 6.42 Å². The summed E-state index contributed by atoms with van der Waals surface area (Å²) in [6, 6.07) is 17.9. The van der Waals surface area contributed by atoms with Crippen molar-refractivity contribution in [2.45, 2.75) is 38.8 Å². The summed E-state index contributed by atoms with van der Waals surface area (Å²) in [6.07, 6.45) is 8.03. The van der Waals surface area contributed by atoms with Crippen molar-refractivity contribution in [1.29, 1.82) is 0 Å². The molecular weight excluding hydrogens is 466 g/mol. The highest BCUT2D eigenvalue weighted by Gasteiger charge is 2.25. The van der Waals surface area contributed by atoms with Crippen molar-refractivity contribution in [3.8, 4) is 28.4 Å². The molecule has 1 atom stereocenters. The van der Waals surface area contributed by atoms with Gasteiger partial charge in [0.2, 0.25) is 5.78 Å². The third-order valence-corrected chi connectivity index (χ3v) is 7.19. The monoisotopic (exact) mass is 495 g/mol. The number of aromatic hydroxyl groups is 1. The number of ether oxygens (including phenoxy) is 2. The second kappa shape index (κ2) is 9.79. The van der Waals surface area contributed by atoms with E-state index in [1.807, 2.05) is 30.3 Å². The maximum atomic E-state index is 13.7. The molecule has 3 heterocycles. The van der Waals surface area contributed by atoms with Crippen molar-refractivity contribution in [3.63, 3.8) is 0 Å². The Morgan fingerprint density at radius 2 is 1.76 bits per heavy atom. The number of hydrogen-bond donors (Lipinski definition) is 1. The summed E-state index contributed by atoms with van der Waals surface area (Å²) in [7, 11) is 0. The number of fused-ring (bicyclic) bond motifs is 2. The van der Waals surface area contributed by atoms with Gasteiger partial charge in [-0.3, -0.25) is 9.69 Å². The van der Waals surface area contributed by atoms with Gasteiger partial charge in [0.25, 0.3) is 0 Å². The highest BCUT2D eigenvalue weighted by Crippen LogP contribution is 2.40. The average molecular weight is 496 g/mol. The molecule has 1 unspecified atom stereocenters. The number of rotatable bonds is 6. The largest absolute Gasteiger partial charge is 0.508 e. The molecule has 6 heteroatoms. The number of nitrogens with zero attached hydrogens (tertiary/aromatic N) is 1. The maximum absolute atomic E-state index is 13.7. The van der Waals surface area contributed by atoms with E-state index in [9.17, 15) is 9.90 Å². The number of phenols is 1. The van der Waals surface area contributed by atoms with E-state index in [0.717, 1.165) is 47.5 Å². The molecule has 6 nitrogen and oxygen atoms in total. The smallest absolute Gasteiger partial charge is 0.228 e. The number of hydrogen-bond acceptors (Lipinski definition) is 6. The van der Waals surface area contributed by atoms with Crippen molar-refractivity contribution >= 4 is 16.8 Å². The van der Waals surface area contributed by atoms with E-state index in [0.29, 0.717) is 16.7 Å². The third-order valence-electron chi connectivity index (χ3n) is 7.19. The molecule has 0 bridgehead atoms. The second-order valence-corrected chi connectivity index (χ2v) is 9.67. The van der Waals surface area contributed by atoms with Crippen LogP contribution in [0.5, 0.6) is 17.2 Å². The lowest BCUT2D eigenvalue weighted by atomic mass is 9.96. The van der Waals surface area contributed by atoms with Crippen LogP contribution >= 0.6 is 0 Å². The van der Waals surface area contributed by atoms with Crippen molar-refractivity contribution in [2.24, 2.45) is 0 Å². The van der Waals surface area contributed by atoms with Crippen LogP contribution in [0.15, 0.2) is 77.4 Å². The standard InChI is InChI=1S/C31H29NO5/c1-20(32-15-3-2-4-16-32)36-25-13-9-22(10-14-25)30(34)31-29(21-7-11-24(33)12-8-21)26-18-23-6-5-17-35-27(23)19-28(26)37-31/h5,7-14,17-20,33H,2-4,6,15-16H2,1H3. The lowest BCUT2D eigenvalue weighted by Crippen LogP contribution is -2.40. The molecule has 0 aliphatic carbocycles. The SMILES string of the molecule is CC(Oc1ccc(C(=O)c2oc3cc4c(cc3c2-c2ccc(O)cc2)CC=CO4)cc1)N1CCCCC1. The summed E-state index contributed by atoms with van der Waals surface area (Å²) in [5, 5.41) is 10.7. The fourth-order valence-corrected chi connectivity index (χ4v) is 5.18. The molecule has 1 fully saturated rings. The Bertz CT molecular complexity index is 1460. The summed E-state index contributed by atoms with van der Waals surface area (Å²) in [5.41, 5.74) is 3.62. The van der Waals surface area contributed by atoms with E-state index in [-0.39, 0.29) is 23.5 Å². The minimum absolute atomic E-state index is 0.0129. The summed E-state index contributed by atoms with van der Waals surface area (Å²) < 4.78 is 18.0. The lowest BCUT2D eigenvalue weighted by molar-refractivity contribution is 0.0262. The number of likely N-dealkylation sites (tertiary alicyclic amines) is 1. The first-order valence-electron chi connectivity index (χ1n) is 12.8. The molecule has 37 heavy (non-hydrogen) atoms. The molecule has 2 aliphatic rings. The van der Waals surface area contributed by atoms with E-state index in [2.05, 4.69) is 11.8 Å². The third kappa shape index (κ3) is 4.60. The zero-order valence-electron chi connectivity index (χ0n) is 20.8. The molecule has 4 aromatic rings. The lowest BCUT2D eigenvalue weighted by Gasteiger charge is -2.32. The maximum Gasteiger partial charge on any atom is 0.228 e. The van der Waals surface area contributed by atoms with Gasteiger partial charge in [0.1, 0.15) is 29.1 Å². The van der Waals surface area contributed by atoms with Crippen LogP contribution in [0.1, 0.15) is 47.9 Å². The summed E-state index contributed by atoms with van der Waals surface area (Å²) in [4.78, 5) is 16.1. The Morgan fingerprint density at radius 3 is 2.51 bits per heavy atom. The van der Waals surface area contributed by atoms with E-state index < -0.39 is 0 Å². The Morgan fingerprint density at radius 1 is 1.00 bits per heavy atom. The van der Waals surface area contributed by atoms with Gasteiger partial charge in [-0.1, -0.05) is 18.6 Å². The normalized spacial score (nSPS) is 16.2. The van der Waals surface area contributed by atoms with Crippen molar-refractivity contribution in [2.75, 3.05) is 13.1 Å². The first-order chi connectivity index (χ1) is 18.1. The molecule has 188 valence electrons. The van der Waals surface area contributed by atoms with Crippen LogP contribution in [0, 0.1) is 0 Å². The Hall–Kier alpha value is -4.03. The van der Waals surface area contributed by atoms with E-state index in [4.69, 9.17) is 13.9 Å². The fraction of sp³-hybridized carbons (Fsp3) is 0.258. The molecular formula is C31H29NO5. The molecule has 1 saturated heterocycles. The predicted molar refractivity (Wildman–Crippen MR) is 142 cm³/mol. The molecule has 3 aromatic carbocycles. The predicted octanol–water partition coefficient (Wildman–Crippen LogP) is 6.70. The number of allylic oxidation sites excluding steroid dienone is 1. The minimum Gasteiger partial charge on any atom is -0.508 e. The van der Waals surface area contributed by atoms with Crippen LogP contribution in [0.3, 0.4) is 0 Å². The van der Waals surface area contributed by atoms with Gasteiger partial charge >= 0.3 is 0 Å². The van der Waals surface area contributed by atoms with Gasteiger partial charge in [0.05, 0.1) is 6.26 Å². The molecule has 1 aromatic heterocycles. The van der Waals surface area contributed by atoms with Crippen LogP contribution in [0.4, 0.5) is 0 Å². The summed E-state index contributed by atoms with van der Waals surface area (Å²) in [6.45, 7) is 4.17. The minimum atomic E-state index is -0.216. The number of benzene rings is 3. The van der Waals surface area contributed by atoms with Crippen molar-refractivity contribution in [1.82, 2.24) is 4.90 Å². The zero-order chi connectivity index (χ0) is 25.4. The van der Waals surface area contributed by atoms with Crippen molar-refractivity contribution < 1.29 is 23.8 Å². The summed E-state index contributed by atoms with van der Waals surface area (Å²) >= 11 is 0. The molecule has 0 amide bonds. The Kier molecular flexibility index (Phi) is 6.18. The molecule has 6 rings (SSSR count). The molecule has 2 aliphatic heterocycles. The van der Waals surface area contributed by atoms with Crippen LogP contribution in [-0.4, -0.2) is 35.1 Å².